The Kier molecular flexibility index (Phi) is 9.14. The number of nitrogens with one attached hydrogen (secondary N) is 1. The Morgan fingerprint density at radius 1 is 1.00 bits per heavy atom. The lowest BCUT2D eigenvalue weighted by atomic mass is 10.00. The van der Waals surface area contributed by atoms with E-state index in [4.69, 9.17) is 4.74 Å². The summed E-state index contributed by atoms with van der Waals surface area (Å²) in [6, 6.07) is 9.15. The molecule has 0 saturated heterocycles. The monoisotopic (exact) mass is 277 g/mol. The molecule has 1 rings (SSSR count). The summed E-state index contributed by atoms with van der Waals surface area (Å²) in [5.74, 6) is 0.942. The predicted octanol–water partition coefficient (Wildman–Crippen LogP) is 4.58. The molecule has 0 bridgehead atoms. The summed E-state index contributed by atoms with van der Waals surface area (Å²) in [6.45, 7) is 5.64. The molecular weight excluding hydrogens is 246 g/mol. The number of unbranched alkanes of at least 4 members (excludes halogenated alkanes) is 2. The first-order chi connectivity index (χ1) is 9.80. The first kappa shape index (κ1) is 17.0. The van der Waals surface area contributed by atoms with Gasteiger partial charge in [0.1, 0.15) is 5.75 Å². The lowest BCUT2D eigenvalue weighted by Crippen LogP contribution is -2.30. The molecule has 1 aromatic carbocycles. The quantitative estimate of drug-likeness (QED) is 0.598. The Hall–Kier alpha value is -1.02. The van der Waals surface area contributed by atoms with Crippen molar-refractivity contribution in [2.45, 2.75) is 64.8 Å². The maximum Gasteiger partial charge on any atom is 0.118 e. The number of ether oxygens (including phenoxy) is 1. The van der Waals surface area contributed by atoms with Crippen molar-refractivity contribution in [3.63, 3.8) is 0 Å². The van der Waals surface area contributed by atoms with Crippen molar-refractivity contribution < 1.29 is 4.74 Å². The van der Waals surface area contributed by atoms with E-state index in [0.717, 1.165) is 18.7 Å². The fourth-order valence-electron chi connectivity index (χ4n) is 2.47. The lowest BCUT2D eigenvalue weighted by molar-refractivity contribution is 0.414. The van der Waals surface area contributed by atoms with Crippen LogP contribution in [0.25, 0.3) is 0 Å². The minimum Gasteiger partial charge on any atom is -0.497 e. The highest BCUT2D eigenvalue weighted by atomic mass is 16.5. The second-order valence-corrected chi connectivity index (χ2v) is 5.53. The Bertz CT molecular complexity index is 334. The molecular formula is C18H31NO. The van der Waals surface area contributed by atoms with E-state index in [1.807, 2.05) is 0 Å². The van der Waals surface area contributed by atoms with Gasteiger partial charge in [0.15, 0.2) is 0 Å². The smallest absolute Gasteiger partial charge is 0.118 e. The summed E-state index contributed by atoms with van der Waals surface area (Å²) in [5, 5.41) is 3.70. The van der Waals surface area contributed by atoms with Crippen molar-refractivity contribution in [2.24, 2.45) is 0 Å². The molecule has 1 atom stereocenters. The molecule has 0 aliphatic rings. The number of hydrogen-bond donors (Lipinski definition) is 1. The summed E-state index contributed by atoms with van der Waals surface area (Å²) in [4.78, 5) is 0. The highest BCUT2D eigenvalue weighted by Crippen LogP contribution is 2.15. The highest BCUT2D eigenvalue weighted by Gasteiger charge is 2.07. The van der Waals surface area contributed by atoms with E-state index in [-0.39, 0.29) is 0 Å². The molecule has 0 amide bonds. The molecule has 0 aromatic heterocycles. The fraction of sp³-hybridized carbons (Fsp3) is 0.667. The van der Waals surface area contributed by atoms with E-state index in [2.05, 4.69) is 43.4 Å². The van der Waals surface area contributed by atoms with Gasteiger partial charge in [-0.15, -0.1) is 0 Å². The van der Waals surface area contributed by atoms with Crippen molar-refractivity contribution in [1.82, 2.24) is 5.32 Å². The van der Waals surface area contributed by atoms with E-state index in [9.17, 15) is 0 Å². The minimum absolute atomic E-state index is 0.670. The molecule has 0 aliphatic carbocycles. The third-order valence-corrected chi connectivity index (χ3v) is 3.78. The molecule has 0 heterocycles. The third kappa shape index (κ3) is 6.95. The molecule has 20 heavy (non-hydrogen) atoms. The zero-order valence-corrected chi connectivity index (χ0v) is 13.5. The first-order valence-electron chi connectivity index (χ1n) is 8.16. The zero-order valence-electron chi connectivity index (χ0n) is 13.5. The van der Waals surface area contributed by atoms with Crippen LogP contribution >= 0.6 is 0 Å². The molecule has 2 heteroatoms. The van der Waals surface area contributed by atoms with Crippen LogP contribution in [0.4, 0.5) is 0 Å². The summed E-state index contributed by atoms with van der Waals surface area (Å²) in [5.41, 5.74) is 1.41. The predicted molar refractivity (Wildman–Crippen MR) is 87.5 cm³/mol. The van der Waals surface area contributed by atoms with Crippen LogP contribution < -0.4 is 10.1 Å². The molecule has 1 aromatic rings. The molecule has 1 N–H and O–H groups in total. The van der Waals surface area contributed by atoms with Gasteiger partial charge in [-0.05, 0) is 49.9 Å². The van der Waals surface area contributed by atoms with E-state index in [0.29, 0.717) is 6.04 Å². The van der Waals surface area contributed by atoms with E-state index in [1.54, 1.807) is 7.11 Å². The van der Waals surface area contributed by atoms with Crippen LogP contribution in [0, 0.1) is 0 Å². The van der Waals surface area contributed by atoms with Gasteiger partial charge in [0, 0.05) is 6.04 Å². The second-order valence-electron chi connectivity index (χ2n) is 5.53. The Balaban J connectivity index is 2.38. The molecule has 114 valence electrons. The van der Waals surface area contributed by atoms with Gasteiger partial charge in [0.2, 0.25) is 0 Å². The van der Waals surface area contributed by atoms with Crippen molar-refractivity contribution in [3.8, 4) is 5.75 Å². The van der Waals surface area contributed by atoms with Gasteiger partial charge >= 0.3 is 0 Å². The van der Waals surface area contributed by atoms with Gasteiger partial charge < -0.3 is 10.1 Å². The average Bonchev–Trinajstić information content (AvgIpc) is 2.50. The standard InChI is InChI=1S/C18H31NO/c1-4-6-7-8-17(19-15-5-2)12-9-16-10-13-18(20-3)14-11-16/h10-11,13-14,17,19H,4-9,12,15H2,1-3H3. The Morgan fingerprint density at radius 2 is 1.75 bits per heavy atom. The number of aryl methyl sites for hydroxylation is 1. The molecule has 0 spiro atoms. The SMILES string of the molecule is CCCCCC(CCc1ccc(OC)cc1)NCCC. The Morgan fingerprint density at radius 3 is 2.35 bits per heavy atom. The largest absolute Gasteiger partial charge is 0.497 e. The summed E-state index contributed by atoms with van der Waals surface area (Å²) >= 11 is 0. The number of benzene rings is 1. The lowest BCUT2D eigenvalue weighted by Gasteiger charge is -2.18. The fourth-order valence-corrected chi connectivity index (χ4v) is 2.47. The minimum atomic E-state index is 0.670. The first-order valence-corrected chi connectivity index (χ1v) is 8.16. The van der Waals surface area contributed by atoms with Crippen LogP contribution in [-0.2, 0) is 6.42 Å². The Labute approximate surface area is 124 Å². The maximum absolute atomic E-state index is 5.20. The summed E-state index contributed by atoms with van der Waals surface area (Å²) in [6.07, 6.45) is 8.91. The molecule has 0 saturated carbocycles. The molecule has 0 radical (unpaired) electrons. The number of rotatable bonds is 11. The highest BCUT2D eigenvalue weighted by molar-refractivity contribution is 5.27. The van der Waals surface area contributed by atoms with Crippen molar-refractivity contribution in [2.75, 3.05) is 13.7 Å². The van der Waals surface area contributed by atoms with Gasteiger partial charge in [0.05, 0.1) is 7.11 Å². The van der Waals surface area contributed by atoms with Crippen molar-refractivity contribution >= 4 is 0 Å². The van der Waals surface area contributed by atoms with Crippen LogP contribution in [0.5, 0.6) is 5.75 Å². The van der Waals surface area contributed by atoms with Crippen LogP contribution in [-0.4, -0.2) is 19.7 Å². The van der Waals surface area contributed by atoms with Crippen LogP contribution in [0.3, 0.4) is 0 Å². The van der Waals surface area contributed by atoms with Gasteiger partial charge in [-0.25, -0.2) is 0 Å². The zero-order chi connectivity index (χ0) is 14.6. The van der Waals surface area contributed by atoms with Crippen LogP contribution in [0.1, 0.15) is 57.9 Å². The van der Waals surface area contributed by atoms with E-state index < -0.39 is 0 Å². The van der Waals surface area contributed by atoms with Crippen molar-refractivity contribution in [3.05, 3.63) is 29.8 Å². The normalized spacial score (nSPS) is 12.3. The third-order valence-electron chi connectivity index (χ3n) is 3.78. The van der Waals surface area contributed by atoms with Crippen LogP contribution in [0.2, 0.25) is 0 Å². The van der Waals surface area contributed by atoms with Gasteiger partial charge in [-0.1, -0.05) is 45.2 Å². The molecule has 0 aliphatic heterocycles. The molecule has 2 nitrogen and oxygen atoms in total. The van der Waals surface area contributed by atoms with E-state index >= 15 is 0 Å². The van der Waals surface area contributed by atoms with E-state index in [1.165, 1.54) is 44.1 Å². The molecule has 0 fully saturated rings. The average molecular weight is 277 g/mol. The number of methoxy groups -OCH3 is 1. The van der Waals surface area contributed by atoms with Crippen LogP contribution in [0.15, 0.2) is 24.3 Å². The molecule has 1 unspecified atom stereocenters. The second kappa shape index (κ2) is 10.7. The number of hydrogen-bond acceptors (Lipinski definition) is 2. The van der Waals surface area contributed by atoms with Gasteiger partial charge in [0.25, 0.3) is 0 Å². The van der Waals surface area contributed by atoms with Gasteiger partial charge in [-0.2, -0.15) is 0 Å². The summed E-state index contributed by atoms with van der Waals surface area (Å²) < 4.78 is 5.20. The maximum atomic E-state index is 5.20. The van der Waals surface area contributed by atoms with Crippen molar-refractivity contribution in [1.29, 1.82) is 0 Å². The topological polar surface area (TPSA) is 21.3 Å². The van der Waals surface area contributed by atoms with Gasteiger partial charge in [-0.3, -0.25) is 0 Å². The summed E-state index contributed by atoms with van der Waals surface area (Å²) in [7, 11) is 1.72.